The summed E-state index contributed by atoms with van der Waals surface area (Å²) in [4.78, 5) is 25.3. The van der Waals surface area contributed by atoms with E-state index in [1.54, 1.807) is 0 Å². The highest BCUT2D eigenvalue weighted by Gasteiger charge is 2.52. The largest absolute Gasteiger partial charge is 0.494 e. The molecule has 0 spiro atoms. The zero-order chi connectivity index (χ0) is 36.9. The van der Waals surface area contributed by atoms with Crippen LogP contribution in [0.1, 0.15) is 93.8 Å². The van der Waals surface area contributed by atoms with Gasteiger partial charge in [-0.2, -0.15) is 0 Å². The summed E-state index contributed by atoms with van der Waals surface area (Å²) >= 11 is 0. The molecule has 2 saturated heterocycles. The third-order valence-electron chi connectivity index (χ3n) is 11.2. The highest BCUT2D eigenvalue weighted by Crippen LogP contribution is 2.42. The first-order chi connectivity index (χ1) is 23.1. The number of benzene rings is 1. The highest BCUT2D eigenvalue weighted by molar-refractivity contribution is 6.74. The minimum atomic E-state index is -2.08. The highest BCUT2D eigenvalue weighted by atomic mass is 28.4. The maximum atomic E-state index is 13.2. The number of esters is 1. The van der Waals surface area contributed by atoms with Crippen LogP contribution in [-0.2, 0) is 36.1 Å². The van der Waals surface area contributed by atoms with Crippen LogP contribution in [0.2, 0.25) is 18.1 Å². The van der Waals surface area contributed by atoms with Crippen LogP contribution in [0.4, 0.5) is 5.69 Å². The molecule has 2 aliphatic rings. The normalized spacial score (nSPS) is 22.6. The van der Waals surface area contributed by atoms with Gasteiger partial charge >= 0.3 is 13.1 Å². The number of nitrogens with zero attached hydrogens (tertiary/aromatic N) is 3. The van der Waals surface area contributed by atoms with Crippen molar-refractivity contribution in [2.45, 2.75) is 136 Å². The van der Waals surface area contributed by atoms with Crippen molar-refractivity contribution in [1.29, 1.82) is 0 Å². The lowest BCUT2D eigenvalue weighted by molar-refractivity contribution is -0.157. The Hall–Kier alpha value is -2.79. The topological polar surface area (TPSA) is 83.0 Å². The standard InChI is InChI=1S/C40H60BN3O5Si/c1-27-25-44(26-30(22-35(45)46-37(2,3)4)36(27)47-50(12,13)38(5,6)7)34-20-21-42-24-29(34)16-19-32-18-15-28-14-17-31(23-33(28)43-32)41-48-39(8,9)40(10,11)49-41/h14-15,17-18,20-21,23-24,27,30,36H,16,19,22,25-26H2,1-13H3/t27-,30+,36+/m0/s1. The van der Waals surface area contributed by atoms with Crippen molar-refractivity contribution in [2.75, 3.05) is 18.0 Å². The van der Waals surface area contributed by atoms with Gasteiger partial charge in [0.05, 0.1) is 29.2 Å². The van der Waals surface area contributed by atoms with E-state index in [1.807, 2.05) is 33.2 Å². The smallest absolute Gasteiger partial charge is 0.460 e. The minimum Gasteiger partial charge on any atom is -0.460 e. The average molecular weight is 702 g/mol. The van der Waals surface area contributed by atoms with Gasteiger partial charge in [0, 0.05) is 48.2 Å². The molecule has 272 valence electrons. The van der Waals surface area contributed by atoms with Gasteiger partial charge in [0.25, 0.3) is 0 Å². The number of rotatable bonds is 9. The van der Waals surface area contributed by atoms with Gasteiger partial charge in [0.15, 0.2) is 8.32 Å². The zero-order valence-electron chi connectivity index (χ0n) is 32.8. The van der Waals surface area contributed by atoms with E-state index in [4.69, 9.17) is 23.5 Å². The summed E-state index contributed by atoms with van der Waals surface area (Å²) in [5.41, 5.74) is 3.94. The molecular weight excluding hydrogens is 641 g/mol. The minimum absolute atomic E-state index is 0.00377. The molecule has 4 heterocycles. The molecule has 50 heavy (non-hydrogen) atoms. The molecule has 0 N–H and O–H groups in total. The third-order valence-corrected chi connectivity index (χ3v) is 15.7. The predicted octanol–water partition coefficient (Wildman–Crippen LogP) is 7.91. The molecule has 1 aromatic carbocycles. The molecule has 3 atom stereocenters. The lowest BCUT2D eigenvalue weighted by Crippen LogP contribution is -2.55. The summed E-state index contributed by atoms with van der Waals surface area (Å²) in [6.07, 6.45) is 5.73. The van der Waals surface area contributed by atoms with Crippen LogP contribution in [0.25, 0.3) is 10.9 Å². The molecule has 0 unspecified atom stereocenters. The molecule has 2 fully saturated rings. The van der Waals surface area contributed by atoms with E-state index < -0.39 is 32.2 Å². The number of aromatic nitrogens is 2. The van der Waals surface area contributed by atoms with Crippen molar-refractivity contribution in [3.8, 4) is 0 Å². The summed E-state index contributed by atoms with van der Waals surface area (Å²) in [5, 5.41) is 1.16. The van der Waals surface area contributed by atoms with E-state index in [2.05, 4.69) is 115 Å². The summed E-state index contributed by atoms with van der Waals surface area (Å²) in [6.45, 7) is 29.3. The van der Waals surface area contributed by atoms with Gasteiger partial charge < -0.3 is 23.4 Å². The van der Waals surface area contributed by atoms with Crippen molar-refractivity contribution >= 4 is 43.5 Å². The Morgan fingerprint density at radius 3 is 2.28 bits per heavy atom. The molecule has 10 heteroatoms. The summed E-state index contributed by atoms with van der Waals surface area (Å²) < 4.78 is 25.5. The lowest BCUT2D eigenvalue weighted by Gasteiger charge is -2.48. The maximum Gasteiger partial charge on any atom is 0.494 e. The number of ether oxygens (including phenoxy) is 1. The number of carbonyl (C=O) groups is 1. The SMILES string of the molecule is C[C@H]1CN(c2ccncc2CCc2ccc3ccc(B4OC(C)(C)C(C)(C)O4)cc3n2)C[C@@H](CC(=O)OC(C)(C)C)[C@@H]1O[Si](C)(C)C(C)(C)C. The predicted molar refractivity (Wildman–Crippen MR) is 207 cm³/mol. The van der Waals surface area contributed by atoms with E-state index in [0.717, 1.165) is 53.7 Å². The summed E-state index contributed by atoms with van der Waals surface area (Å²) in [5.74, 6) is 0.0649. The first-order valence-corrected chi connectivity index (χ1v) is 21.3. The Morgan fingerprint density at radius 1 is 0.980 bits per heavy atom. The monoisotopic (exact) mass is 701 g/mol. The second-order valence-electron chi connectivity index (χ2n) is 18.1. The van der Waals surface area contributed by atoms with Crippen molar-refractivity contribution in [3.63, 3.8) is 0 Å². The number of anilines is 1. The molecule has 3 aromatic rings. The lowest BCUT2D eigenvalue weighted by atomic mass is 9.78. The quantitative estimate of drug-likeness (QED) is 0.165. The van der Waals surface area contributed by atoms with Gasteiger partial charge in [-0.25, -0.2) is 0 Å². The van der Waals surface area contributed by atoms with Crippen molar-refractivity contribution in [1.82, 2.24) is 9.97 Å². The number of pyridine rings is 2. The molecule has 5 rings (SSSR count). The number of hydrogen-bond donors (Lipinski definition) is 0. The summed E-state index contributed by atoms with van der Waals surface area (Å²) in [6, 6.07) is 12.6. The van der Waals surface area contributed by atoms with E-state index in [9.17, 15) is 4.79 Å². The van der Waals surface area contributed by atoms with E-state index in [-0.39, 0.29) is 28.9 Å². The average Bonchev–Trinajstić information content (AvgIpc) is 3.22. The van der Waals surface area contributed by atoms with E-state index >= 15 is 0 Å². The molecule has 2 aliphatic heterocycles. The van der Waals surface area contributed by atoms with Crippen LogP contribution in [0.5, 0.6) is 0 Å². The molecule has 0 amide bonds. The first-order valence-electron chi connectivity index (χ1n) is 18.4. The molecule has 0 radical (unpaired) electrons. The Morgan fingerprint density at radius 2 is 1.64 bits per heavy atom. The fraction of sp³-hybridized carbons (Fsp3) is 0.625. The van der Waals surface area contributed by atoms with Crippen LogP contribution in [-0.4, -0.2) is 67.4 Å². The number of carbonyl (C=O) groups excluding carboxylic acids is 1. The van der Waals surface area contributed by atoms with Crippen LogP contribution < -0.4 is 10.4 Å². The Bertz CT molecular complexity index is 1670. The van der Waals surface area contributed by atoms with Gasteiger partial charge in [-0.15, -0.1) is 0 Å². The van der Waals surface area contributed by atoms with E-state index in [1.165, 1.54) is 5.56 Å². The number of fused-ring (bicyclic) bond motifs is 1. The second-order valence-corrected chi connectivity index (χ2v) is 22.9. The summed E-state index contributed by atoms with van der Waals surface area (Å²) in [7, 11) is -2.51. The van der Waals surface area contributed by atoms with Gasteiger partial charge in [-0.3, -0.25) is 14.8 Å². The number of aryl methyl sites for hydroxylation is 2. The van der Waals surface area contributed by atoms with Crippen molar-refractivity contribution < 1.29 is 23.3 Å². The van der Waals surface area contributed by atoms with Gasteiger partial charge in [0.2, 0.25) is 0 Å². The fourth-order valence-electron chi connectivity index (χ4n) is 6.71. The molecule has 0 bridgehead atoms. The van der Waals surface area contributed by atoms with Gasteiger partial charge in [0.1, 0.15) is 5.60 Å². The number of piperidine rings is 1. The molecular formula is C40H60BN3O5Si. The van der Waals surface area contributed by atoms with Crippen LogP contribution in [0.15, 0.2) is 48.8 Å². The Kier molecular flexibility index (Phi) is 10.7. The number of hydrogen-bond acceptors (Lipinski definition) is 8. The molecule has 0 saturated carbocycles. The van der Waals surface area contributed by atoms with Crippen molar-refractivity contribution in [3.05, 3.63) is 60.0 Å². The van der Waals surface area contributed by atoms with Crippen molar-refractivity contribution in [2.24, 2.45) is 11.8 Å². The van der Waals surface area contributed by atoms with Gasteiger partial charge in [-0.1, -0.05) is 45.9 Å². The second kappa shape index (κ2) is 14.0. The Labute approximate surface area is 302 Å². The molecule has 0 aliphatic carbocycles. The molecule has 2 aromatic heterocycles. The Balaban J connectivity index is 1.35. The third kappa shape index (κ3) is 8.63. The first kappa shape index (κ1) is 38.4. The maximum absolute atomic E-state index is 13.2. The molecule has 8 nitrogen and oxygen atoms in total. The fourth-order valence-corrected chi connectivity index (χ4v) is 8.17. The van der Waals surface area contributed by atoms with Crippen LogP contribution in [0.3, 0.4) is 0 Å². The van der Waals surface area contributed by atoms with Crippen LogP contribution in [0, 0.1) is 11.8 Å². The van der Waals surface area contributed by atoms with Gasteiger partial charge in [-0.05, 0) is 115 Å². The zero-order valence-corrected chi connectivity index (χ0v) is 33.8. The van der Waals surface area contributed by atoms with Crippen LogP contribution >= 0.6 is 0 Å². The van der Waals surface area contributed by atoms with E-state index in [0.29, 0.717) is 6.42 Å².